The van der Waals surface area contributed by atoms with Crippen molar-refractivity contribution in [2.75, 3.05) is 25.0 Å². The maximum absolute atomic E-state index is 12.4. The Bertz CT molecular complexity index is 1080. The molecule has 1 fully saturated rings. The molecule has 1 saturated heterocycles. The highest BCUT2D eigenvalue weighted by Gasteiger charge is 2.27. The molecule has 7 nitrogen and oxygen atoms in total. The van der Waals surface area contributed by atoms with Gasteiger partial charge in [-0.25, -0.2) is 19.7 Å². The number of aryl methyl sites for hydroxylation is 1. The molecule has 164 valence electrons. The van der Waals surface area contributed by atoms with E-state index in [1.807, 2.05) is 56.3 Å². The second-order valence-electron chi connectivity index (χ2n) is 9.04. The van der Waals surface area contributed by atoms with Gasteiger partial charge in [0.05, 0.1) is 21.4 Å². The molecule has 1 atom stereocenters. The van der Waals surface area contributed by atoms with Crippen LogP contribution >= 0.6 is 11.3 Å². The van der Waals surface area contributed by atoms with E-state index in [-0.39, 0.29) is 6.09 Å². The zero-order valence-electron chi connectivity index (χ0n) is 18.5. The van der Waals surface area contributed by atoms with E-state index in [0.29, 0.717) is 12.5 Å². The summed E-state index contributed by atoms with van der Waals surface area (Å²) in [5.41, 5.74) is 4.34. The van der Waals surface area contributed by atoms with Gasteiger partial charge in [-0.05, 0) is 58.6 Å². The van der Waals surface area contributed by atoms with Crippen LogP contribution in [0.15, 0.2) is 29.8 Å². The number of thiazole rings is 1. The second kappa shape index (κ2) is 8.78. The van der Waals surface area contributed by atoms with Crippen LogP contribution in [0.3, 0.4) is 0 Å². The third kappa shape index (κ3) is 5.50. The van der Waals surface area contributed by atoms with Crippen LogP contribution in [0.1, 0.15) is 39.4 Å². The number of carbonyl (C=O) groups excluding carboxylic acids is 1. The van der Waals surface area contributed by atoms with Gasteiger partial charge in [0.2, 0.25) is 0 Å². The first kappa shape index (κ1) is 21.5. The third-order valence-corrected chi connectivity index (χ3v) is 6.00. The van der Waals surface area contributed by atoms with Gasteiger partial charge >= 0.3 is 6.09 Å². The quantitative estimate of drug-likeness (QED) is 0.608. The van der Waals surface area contributed by atoms with Crippen molar-refractivity contribution in [1.82, 2.24) is 19.9 Å². The van der Waals surface area contributed by atoms with Crippen molar-refractivity contribution in [3.05, 3.63) is 35.6 Å². The minimum absolute atomic E-state index is 0.226. The Hall–Kier alpha value is -2.74. The van der Waals surface area contributed by atoms with Gasteiger partial charge in [0.25, 0.3) is 0 Å². The van der Waals surface area contributed by atoms with E-state index in [4.69, 9.17) is 4.74 Å². The molecule has 4 rings (SSSR count). The lowest BCUT2D eigenvalue weighted by Gasteiger charge is -2.34. The summed E-state index contributed by atoms with van der Waals surface area (Å²) in [6.07, 6.45) is 1.83. The van der Waals surface area contributed by atoms with Crippen molar-refractivity contribution in [1.29, 1.82) is 0 Å². The Morgan fingerprint density at radius 1 is 1.29 bits per heavy atom. The van der Waals surface area contributed by atoms with Gasteiger partial charge < -0.3 is 15.0 Å². The van der Waals surface area contributed by atoms with Crippen LogP contribution in [0.4, 0.5) is 10.6 Å². The lowest BCUT2D eigenvalue weighted by atomic mass is 9.98. The maximum Gasteiger partial charge on any atom is 0.410 e. The summed E-state index contributed by atoms with van der Waals surface area (Å²) in [4.78, 5) is 27.8. The van der Waals surface area contributed by atoms with Crippen LogP contribution in [0.5, 0.6) is 0 Å². The number of fused-ring (bicyclic) bond motifs is 1. The first-order valence-electron chi connectivity index (χ1n) is 10.7. The van der Waals surface area contributed by atoms with Gasteiger partial charge in [0.1, 0.15) is 17.2 Å². The molecule has 1 amide bonds. The molecular formula is C23H29N5O2S. The van der Waals surface area contributed by atoms with Gasteiger partial charge in [-0.1, -0.05) is 6.07 Å². The summed E-state index contributed by atoms with van der Waals surface area (Å²) in [7, 11) is 0. The first-order valence-corrected chi connectivity index (χ1v) is 11.6. The number of aromatic nitrogens is 3. The SMILES string of the molecule is Cc1nc(NC[C@@H]2CCCN(C(=O)OC(C)(C)C)C2)cc(-c2ccc3ncsc3c2)n1. The number of nitrogens with one attached hydrogen (secondary N) is 1. The summed E-state index contributed by atoms with van der Waals surface area (Å²) in [6.45, 7) is 9.80. The Balaban J connectivity index is 1.42. The van der Waals surface area contributed by atoms with E-state index in [2.05, 4.69) is 26.3 Å². The molecule has 1 aromatic carbocycles. The van der Waals surface area contributed by atoms with Crippen molar-refractivity contribution in [3.8, 4) is 11.3 Å². The van der Waals surface area contributed by atoms with E-state index in [1.54, 1.807) is 11.3 Å². The third-order valence-electron chi connectivity index (χ3n) is 5.21. The average Bonchev–Trinajstić information content (AvgIpc) is 3.19. The highest BCUT2D eigenvalue weighted by Crippen LogP contribution is 2.27. The number of ether oxygens (including phenoxy) is 1. The zero-order chi connectivity index (χ0) is 22.0. The number of hydrogen-bond donors (Lipinski definition) is 1. The fourth-order valence-corrected chi connectivity index (χ4v) is 4.51. The minimum atomic E-state index is -0.473. The van der Waals surface area contributed by atoms with Crippen LogP contribution in [-0.4, -0.2) is 51.2 Å². The second-order valence-corrected chi connectivity index (χ2v) is 9.92. The molecule has 0 bridgehead atoms. The minimum Gasteiger partial charge on any atom is -0.444 e. The Morgan fingerprint density at radius 3 is 2.94 bits per heavy atom. The molecule has 8 heteroatoms. The summed E-state index contributed by atoms with van der Waals surface area (Å²) in [5.74, 6) is 1.89. The molecule has 0 unspecified atom stereocenters. The van der Waals surface area contributed by atoms with E-state index in [9.17, 15) is 4.79 Å². The summed E-state index contributed by atoms with van der Waals surface area (Å²) in [6, 6.07) is 8.19. The predicted octanol–water partition coefficient (Wildman–Crippen LogP) is 5.12. The Morgan fingerprint density at radius 2 is 2.13 bits per heavy atom. The van der Waals surface area contributed by atoms with Gasteiger partial charge in [-0.3, -0.25) is 0 Å². The fourth-order valence-electron chi connectivity index (χ4n) is 3.79. The summed E-state index contributed by atoms with van der Waals surface area (Å²) < 4.78 is 6.68. The number of piperidine rings is 1. The smallest absolute Gasteiger partial charge is 0.410 e. The van der Waals surface area contributed by atoms with E-state index in [1.165, 1.54) is 0 Å². The molecular weight excluding hydrogens is 410 g/mol. The van der Waals surface area contributed by atoms with Crippen molar-refractivity contribution in [2.24, 2.45) is 5.92 Å². The fraction of sp³-hybridized carbons (Fsp3) is 0.478. The maximum atomic E-state index is 12.4. The van der Waals surface area contributed by atoms with Crippen molar-refractivity contribution in [2.45, 2.75) is 46.1 Å². The molecule has 0 aliphatic carbocycles. The van der Waals surface area contributed by atoms with Crippen molar-refractivity contribution in [3.63, 3.8) is 0 Å². The molecule has 3 aromatic rings. The van der Waals surface area contributed by atoms with Crippen LogP contribution < -0.4 is 5.32 Å². The van der Waals surface area contributed by atoms with Crippen LogP contribution in [-0.2, 0) is 4.74 Å². The number of hydrogen-bond acceptors (Lipinski definition) is 7. The average molecular weight is 440 g/mol. The van der Waals surface area contributed by atoms with Gasteiger partial charge in [-0.15, -0.1) is 11.3 Å². The lowest BCUT2D eigenvalue weighted by Crippen LogP contribution is -2.44. The monoisotopic (exact) mass is 439 g/mol. The molecule has 2 aromatic heterocycles. The van der Waals surface area contributed by atoms with Crippen LogP contribution in [0.25, 0.3) is 21.5 Å². The number of anilines is 1. The molecule has 0 spiro atoms. The van der Waals surface area contributed by atoms with Gasteiger partial charge in [-0.2, -0.15) is 0 Å². The number of likely N-dealkylation sites (tertiary alicyclic amines) is 1. The lowest BCUT2D eigenvalue weighted by molar-refractivity contribution is 0.0172. The first-order chi connectivity index (χ1) is 14.8. The molecule has 0 radical (unpaired) electrons. The molecule has 0 saturated carbocycles. The number of benzene rings is 1. The normalized spacial score (nSPS) is 17.0. The molecule has 31 heavy (non-hydrogen) atoms. The van der Waals surface area contributed by atoms with Crippen molar-refractivity contribution < 1.29 is 9.53 Å². The van der Waals surface area contributed by atoms with Gasteiger partial charge in [0.15, 0.2) is 0 Å². The van der Waals surface area contributed by atoms with Gasteiger partial charge in [0, 0.05) is 31.3 Å². The highest BCUT2D eigenvalue weighted by molar-refractivity contribution is 7.16. The van der Waals surface area contributed by atoms with Crippen molar-refractivity contribution >= 4 is 33.5 Å². The van der Waals surface area contributed by atoms with E-state index < -0.39 is 5.60 Å². The standard InChI is InChI=1S/C23H29N5O2S/c1-15-26-19(17-7-8-18-20(10-17)31-14-25-18)11-21(27-15)24-12-16-6-5-9-28(13-16)22(29)30-23(2,3)4/h7-8,10-11,14,16H,5-6,9,12-13H2,1-4H3,(H,24,26,27)/t16-/m0/s1. The predicted molar refractivity (Wildman–Crippen MR) is 124 cm³/mol. The summed E-state index contributed by atoms with van der Waals surface area (Å²) in [5, 5.41) is 3.47. The Kier molecular flexibility index (Phi) is 6.09. The van der Waals surface area contributed by atoms with E-state index >= 15 is 0 Å². The molecule has 1 aliphatic rings. The van der Waals surface area contributed by atoms with E-state index in [0.717, 1.165) is 59.0 Å². The Labute approximate surface area is 186 Å². The topological polar surface area (TPSA) is 80.2 Å². The number of carbonyl (C=O) groups is 1. The molecule has 1 aliphatic heterocycles. The van der Waals surface area contributed by atoms with Crippen LogP contribution in [0, 0.1) is 12.8 Å². The zero-order valence-corrected chi connectivity index (χ0v) is 19.3. The molecule has 1 N–H and O–H groups in total. The summed E-state index contributed by atoms with van der Waals surface area (Å²) >= 11 is 1.63. The number of nitrogens with zero attached hydrogens (tertiary/aromatic N) is 4. The number of amides is 1. The number of rotatable bonds is 4. The molecule has 3 heterocycles. The largest absolute Gasteiger partial charge is 0.444 e. The van der Waals surface area contributed by atoms with Crippen LogP contribution in [0.2, 0.25) is 0 Å². The highest BCUT2D eigenvalue weighted by atomic mass is 32.1.